The van der Waals surface area contributed by atoms with Crippen molar-refractivity contribution in [2.75, 3.05) is 0 Å². The van der Waals surface area contributed by atoms with Crippen molar-refractivity contribution in [2.45, 2.75) is 0 Å². The van der Waals surface area contributed by atoms with Gasteiger partial charge in [-0.1, -0.05) is 35.5 Å². The monoisotopic (exact) mass is 138 g/mol. The van der Waals surface area contributed by atoms with Crippen LogP contribution in [0.4, 0.5) is 0 Å². The van der Waals surface area contributed by atoms with Crippen LogP contribution in [0.15, 0.2) is 35.5 Å². The number of hydrogen-bond acceptors (Lipinski definition) is 2. The molecule has 10 heavy (non-hydrogen) atoms. The van der Waals surface area contributed by atoms with Crippen molar-refractivity contribution >= 4 is 5.84 Å². The summed E-state index contributed by atoms with van der Waals surface area (Å²) in [5, 5.41) is 11.1. The molecule has 0 bridgehead atoms. The summed E-state index contributed by atoms with van der Waals surface area (Å²) in [6.07, 6.45) is 0. The molecule has 0 aromatic heterocycles. The van der Waals surface area contributed by atoms with Crippen LogP contribution < -0.4 is 5.73 Å². The van der Waals surface area contributed by atoms with Crippen molar-refractivity contribution in [3.8, 4) is 0 Å². The van der Waals surface area contributed by atoms with Gasteiger partial charge in [-0.3, -0.25) is 0 Å². The second-order valence-corrected chi connectivity index (χ2v) is 1.77. The van der Waals surface area contributed by atoms with Gasteiger partial charge in [-0.05, 0) is 0 Å². The summed E-state index contributed by atoms with van der Waals surface area (Å²) in [7, 11) is 0. The maximum absolute atomic E-state index is 8.27. The summed E-state index contributed by atoms with van der Waals surface area (Å²) in [5.41, 5.74) is 5.90. The maximum Gasteiger partial charge on any atom is 0.170 e. The van der Waals surface area contributed by atoms with E-state index in [1.807, 2.05) is 0 Å². The zero-order chi connectivity index (χ0) is 8.27. The van der Waals surface area contributed by atoms with Gasteiger partial charge >= 0.3 is 0 Å². The lowest BCUT2D eigenvalue weighted by Gasteiger charge is -1.94. The summed E-state index contributed by atoms with van der Waals surface area (Å²) in [4.78, 5) is 0. The predicted octanol–water partition coefficient (Wildman–Crippen LogP) is 0.781. The Labute approximate surface area is 60.2 Å². The minimum atomic E-state index is 0.0602. The minimum absolute atomic E-state index is 0.0602. The SMILES string of the molecule is [3H]c1ccc(/C(N)=N/O)cc1. The number of amidine groups is 1. The first-order valence-corrected chi connectivity index (χ1v) is 2.78. The molecule has 3 nitrogen and oxygen atoms in total. The lowest BCUT2D eigenvalue weighted by Crippen LogP contribution is -2.12. The van der Waals surface area contributed by atoms with E-state index in [1.165, 1.54) is 0 Å². The molecule has 0 aliphatic heterocycles. The Kier molecular flexibility index (Phi) is 1.52. The fraction of sp³-hybridized carbons (Fsp3) is 0. The van der Waals surface area contributed by atoms with Crippen LogP contribution in [0.1, 0.15) is 6.93 Å². The number of nitrogens with zero attached hydrogens (tertiary/aromatic N) is 1. The molecule has 0 fully saturated rings. The zero-order valence-electron chi connectivity index (χ0n) is 6.28. The normalized spacial score (nSPS) is 12.8. The van der Waals surface area contributed by atoms with Gasteiger partial charge in [0.15, 0.2) is 5.84 Å². The summed E-state index contributed by atoms with van der Waals surface area (Å²) >= 11 is 0. The molecule has 0 radical (unpaired) electrons. The Hall–Kier alpha value is -1.51. The van der Waals surface area contributed by atoms with E-state index in [4.69, 9.17) is 12.3 Å². The molecule has 52 valence electrons. The van der Waals surface area contributed by atoms with Crippen LogP contribution in [0, 0.1) is 0 Å². The van der Waals surface area contributed by atoms with Gasteiger partial charge in [0.25, 0.3) is 0 Å². The lowest BCUT2D eigenvalue weighted by atomic mass is 10.2. The van der Waals surface area contributed by atoms with Crippen LogP contribution >= 0.6 is 0 Å². The van der Waals surface area contributed by atoms with Crippen LogP contribution in [-0.4, -0.2) is 11.0 Å². The number of benzene rings is 1. The quantitative estimate of drug-likeness (QED) is 0.261. The van der Waals surface area contributed by atoms with Gasteiger partial charge in [-0.2, -0.15) is 0 Å². The molecule has 0 atom stereocenters. The molecule has 1 aromatic carbocycles. The average Bonchev–Trinajstić information content (AvgIpc) is 2.05. The Morgan fingerprint density at radius 2 is 2.20 bits per heavy atom. The van der Waals surface area contributed by atoms with E-state index in [2.05, 4.69) is 5.16 Å². The summed E-state index contributed by atoms with van der Waals surface area (Å²) < 4.78 is 7.15. The summed E-state index contributed by atoms with van der Waals surface area (Å²) in [6, 6.07) is 6.80. The first kappa shape index (κ1) is 5.29. The Morgan fingerprint density at radius 1 is 1.60 bits per heavy atom. The number of oxime groups is 1. The Bertz CT molecular complexity index is 268. The number of hydrogen-bond donors (Lipinski definition) is 2. The topological polar surface area (TPSA) is 58.6 Å². The summed E-state index contributed by atoms with van der Waals surface area (Å²) in [5.74, 6) is 0.0602. The van der Waals surface area contributed by atoms with Gasteiger partial charge in [-0.15, -0.1) is 0 Å². The van der Waals surface area contributed by atoms with Crippen molar-refractivity contribution in [1.82, 2.24) is 0 Å². The van der Waals surface area contributed by atoms with Crippen molar-refractivity contribution in [2.24, 2.45) is 10.9 Å². The number of rotatable bonds is 1. The first-order valence-electron chi connectivity index (χ1n) is 3.28. The third-order valence-electron chi connectivity index (χ3n) is 1.12. The molecule has 0 aliphatic carbocycles. The second kappa shape index (κ2) is 2.87. The molecule has 0 amide bonds. The van der Waals surface area contributed by atoms with Crippen LogP contribution in [0.5, 0.6) is 0 Å². The largest absolute Gasteiger partial charge is 0.409 e. The highest BCUT2D eigenvalue weighted by atomic mass is 16.4. The van der Waals surface area contributed by atoms with E-state index < -0.39 is 0 Å². The van der Waals surface area contributed by atoms with Gasteiger partial charge < -0.3 is 10.9 Å². The highest BCUT2D eigenvalue weighted by Crippen LogP contribution is 1.96. The molecular formula is C7H8N2O. The molecule has 3 heteroatoms. The van der Waals surface area contributed by atoms with E-state index in [9.17, 15) is 0 Å². The van der Waals surface area contributed by atoms with Crippen LogP contribution in [0.25, 0.3) is 0 Å². The minimum Gasteiger partial charge on any atom is -0.409 e. The van der Waals surface area contributed by atoms with E-state index in [-0.39, 0.29) is 5.84 Å². The molecule has 3 N–H and O–H groups in total. The zero-order valence-corrected chi connectivity index (χ0v) is 5.28. The van der Waals surface area contributed by atoms with Crippen LogP contribution in [0.3, 0.4) is 0 Å². The van der Waals surface area contributed by atoms with Gasteiger partial charge in [-0.25, -0.2) is 0 Å². The fourth-order valence-electron chi connectivity index (χ4n) is 0.615. The standard InChI is InChI=1S/C7H8N2O/c8-7(9-10)6-4-2-1-3-5-6/h1-5,10H,(H2,8,9)/i1T. The fourth-order valence-corrected chi connectivity index (χ4v) is 0.615. The van der Waals surface area contributed by atoms with E-state index in [1.54, 1.807) is 24.3 Å². The molecule has 0 spiro atoms. The van der Waals surface area contributed by atoms with Gasteiger partial charge in [0, 0.05) is 5.56 Å². The molecule has 0 saturated carbocycles. The third-order valence-corrected chi connectivity index (χ3v) is 1.12. The first-order chi connectivity index (χ1) is 5.24. The lowest BCUT2D eigenvalue weighted by molar-refractivity contribution is 0.318. The molecule has 0 unspecified atom stereocenters. The van der Waals surface area contributed by atoms with E-state index in [0.29, 0.717) is 11.6 Å². The Balaban J connectivity index is 2.99. The molecule has 0 heterocycles. The molecule has 1 aromatic rings. The van der Waals surface area contributed by atoms with Crippen molar-refractivity contribution in [3.63, 3.8) is 0 Å². The summed E-state index contributed by atoms with van der Waals surface area (Å²) in [6.45, 7) is 0. The van der Waals surface area contributed by atoms with Crippen molar-refractivity contribution in [3.05, 3.63) is 35.9 Å². The molecule has 0 aliphatic rings. The van der Waals surface area contributed by atoms with Gasteiger partial charge in [0.05, 0.1) is 1.37 Å². The maximum atomic E-state index is 8.27. The molecule has 1 rings (SSSR count). The average molecular weight is 138 g/mol. The number of nitrogens with two attached hydrogens (primary N) is 1. The van der Waals surface area contributed by atoms with Gasteiger partial charge in [0.2, 0.25) is 0 Å². The van der Waals surface area contributed by atoms with Crippen LogP contribution in [-0.2, 0) is 0 Å². The van der Waals surface area contributed by atoms with Crippen LogP contribution in [0.2, 0.25) is 0 Å². The smallest absolute Gasteiger partial charge is 0.170 e. The van der Waals surface area contributed by atoms with E-state index >= 15 is 0 Å². The van der Waals surface area contributed by atoms with Gasteiger partial charge in [0.1, 0.15) is 0 Å². The second-order valence-electron chi connectivity index (χ2n) is 1.77. The Morgan fingerprint density at radius 3 is 2.70 bits per heavy atom. The molecule has 0 saturated heterocycles. The molecular weight excluding hydrogens is 128 g/mol. The predicted molar refractivity (Wildman–Crippen MR) is 39.0 cm³/mol. The highest BCUT2D eigenvalue weighted by molar-refractivity contribution is 5.96. The van der Waals surface area contributed by atoms with Crippen molar-refractivity contribution < 1.29 is 6.58 Å². The van der Waals surface area contributed by atoms with E-state index in [0.717, 1.165) is 0 Å². The highest BCUT2D eigenvalue weighted by Gasteiger charge is 1.93. The van der Waals surface area contributed by atoms with Crippen molar-refractivity contribution in [1.29, 1.82) is 0 Å². The third kappa shape index (κ3) is 1.25.